The molecule has 9 heteroatoms. The molecule has 0 saturated carbocycles. The van der Waals surface area contributed by atoms with E-state index in [-0.39, 0.29) is 17.5 Å². The zero-order valence-electron chi connectivity index (χ0n) is 17.5. The van der Waals surface area contributed by atoms with Crippen LogP contribution in [0.25, 0.3) is 0 Å². The normalized spacial score (nSPS) is 16.5. The third-order valence-electron chi connectivity index (χ3n) is 4.88. The molecule has 1 aliphatic heterocycles. The highest BCUT2D eigenvalue weighted by Crippen LogP contribution is 2.24. The molecule has 1 saturated heterocycles. The standard InChI is InChI=1S/C21H30N2O6S/c1-3-26-14-15-28-18-5-7-19(8-6-18)30(24,25)22-16-20(21-9-4-17(2)29-21)23-10-12-27-13-11-23/h4-9,20,22H,3,10-16H2,1-2H3. The number of nitrogens with zero attached hydrogens (tertiary/aromatic N) is 1. The Morgan fingerprint density at radius 3 is 2.47 bits per heavy atom. The van der Waals surface area contributed by atoms with Crippen LogP contribution < -0.4 is 9.46 Å². The van der Waals surface area contributed by atoms with E-state index in [9.17, 15) is 8.42 Å². The quantitative estimate of drug-likeness (QED) is 0.539. The summed E-state index contributed by atoms with van der Waals surface area (Å²) in [7, 11) is -3.67. The molecule has 1 aromatic heterocycles. The first-order valence-corrected chi connectivity index (χ1v) is 11.7. The molecule has 2 aromatic rings. The van der Waals surface area contributed by atoms with Gasteiger partial charge in [0.05, 0.1) is 30.8 Å². The first-order valence-electron chi connectivity index (χ1n) is 10.2. The largest absolute Gasteiger partial charge is 0.491 e. The van der Waals surface area contributed by atoms with Gasteiger partial charge >= 0.3 is 0 Å². The number of sulfonamides is 1. The maximum Gasteiger partial charge on any atom is 0.240 e. The Bertz CT molecular complexity index is 875. The van der Waals surface area contributed by atoms with Crippen LogP contribution in [0, 0.1) is 6.92 Å². The maximum absolute atomic E-state index is 12.8. The molecule has 1 aliphatic rings. The van der Waals surface area contributed by atoms with E-state index in [1.807, 2.05) is 26.0 Å². The van der Waals surface area contributed by atoms with E-state index in [2.05, 4.69) is 9.62 Å². The highest BCUT2D eigenvalue weighted by molar-refractivity contribution is 7.89. The Morgan fingerprint density at radius 2 is 1.83 bits per heavy atom. The number of ether oxygens (including phenoxy) is 3. The Kier molecular flexibility index (Phi) is 8.29. The summed E-state index contributed by atoms with van der Waals surface area (Å²) in [5.74, 6) is 2.15. The number of furan rings is 1. The first kappa shape index (κ1) is 22.8. The Labute approximate surface area is 178 Å². The minimum Gasteiger partial charge on any atom is -0.491 e. The van der Waals surface area contributed by atoms with Gasteiger partial charge in [-0.1, -0.05) is 0 Å². The van der Waals surface area contributed by atoms with Gasteiger partial charge in [-0.05, 0) is 50.2 Å². The average molecular weight is 439 g/mol. The lowest BCUT2D eigenvalue weighted by Gasteiger charge is -2.33. The summed E-state index contributed by atoms with van der Waals surface area (Å²) in [6, 6.07) is 9.97. The van der Waals surface area contributed by atoms with Gasteiger partial charge in [-0.15, -0.1) is 0 Å². The first-order chi connectivity index (χ1) is 14.5. The molecule has 0 bridgehead atoms. The van der Waals surface area contributed by atoms with Crippen molar-refractivity contribution in [1.82, 2.24) is 9.62 Å². The van der Waals surface area contributed by atoms with Crippen molar-refractivity contribution in [2.75, 3.05) is 52.7 Å². The van der Waals surface area contributed by atoms with Crippen molar-refractivity contribution < 1.29 is 27.0 Å². The van der Waals surface area contributed by atoms with E-state index in [4.69, 9.17) is 18.6 Å². The van der Waals surface area contributed by atoms with Gasteiger partial charge < -0.3 is 18.6 Å². The minimum atomic E-state index is -3.67. The number of morpholine rings is 1. The van der Waals surface area contributed by atoms with Crippen LogP contribution in [-0.2, 0) is 19.5 Å². The average Bonchev–Trinajstić information content (AvgIpc) is 3.18. The summed E-state index contributed by atoms with van der Waals surface area (Å²) in [5.41, 5.74) is 0. The van der Waals surface area contributed by atoms with Crippen LogP contribution in [0.2, 0.25) is 0 Å². The number of benzene rings is 1. The van der Waals surface area contributed by atoms with Crippen LogP contribution in [-0.4, -0.2) is 66.0 Å². The van der Waals surface area contributed by atoms with Crippen LogP contribution in [0.3, 0.4) is 0 Å². The summed E-state index contributed by atoms with van der Waals surface area (Å²) in [5, 5.41) is 0. The number of hydrogen-bond donors (Lipinski definition) is 1. The van der Waals surface area contributed by atoms with Gasteiger partial charge in [0.25, 0.3) is 0 Å². The lowest BCUT2D eigenvalue weighted by atomic mass is 10.2. The van der Waals surface area contributed by atoms with Crippen molar-refractivity contribution in [2.45, 2.75) is 24.8 Å². The van der Waals surface area contributed by atoms with Gasteiger partial charge in [0.2, 0.25) is 10.0 Å². The zero-order chi connectivity index (χ0) is 21.4. The fraction of sp³-hybridized carbons (Fsp3) is 0.524. The van der Waals surface area contributed by atoms with Gasteiger partial charge in [-0.25, -0.2) is 13.1 Å². The predicted molar refractivity (Wildman–Crippen MR) is 112 cm³/mol. The van der Waals surface area contributed by atoms with Gasteiger partial charge in [0.1, 0.15) is 23.9 Å². The van der Waals surface area contributed by atoms with Crippen molar-refractivity contribution >= 4 is 10.0 Å². The smallest absolute Gasteiger partial charge is 0.240 e. The zero-order valence-corrected chi connectivity index (χ0v) is 18.3. The van der Waals surface area contributed by atoms with Crippen molar-refractivity contribution in [3.8, 4) is 5.75 Å². The Morgan fingerprint density at radius 1 is 1.10 bits per heavy atom. The molecule has 8 nitrogen and oxygen atoms in total. The second-order valence-corrected chi connectivity index (χ2v) is 8.75. The number of hydrogen-bond acceptors (Lipinski definition) is 7. The number of nitrogens with one attached hydrogen (secondary N) is 1. The van der Waals surface area contributed by atoms with Gasteiger partial charge in [-0.3, -0.25) is 4.90 Å². The topological polar surface area (TPSA) is 90.2 Å². The molecule has 1 atom stereocenters. The third-order valence-corrected chi connectivity index (χ3v) is 6.32. The van der Waals surface area contributed by atoms with Crippen LogP contribution in [0.1, 0.15) is 24.5 Å². The lowest BCUT2D eigenvalue weighted by Crippen LogP contribution is -2.43. The summed E-state index contributed by atoms with van der Waals surface area (Å²) in [6.07, 6.45) is 0. The molecule has 1 aromatic carbocycles. The van der Waals surface area contributed by atoms with Crippen LogP contribution >= 0.6 is 0 Å². The van der Waals surface area contributed by atoms with Crippen molar-refractivity contribution in [1.29, 1.82) is 0 Å². The van der Waals surface area contributed by atoms with Gasteiger partial charge in [0.15, 0.2) is 0 Å². The highest BCUT2D eigenvalue weighted by atomic mass is 32.2. The second kappa shape index (κ2) is 10.9. The molecule has 166 valence electrons. The minimum absolute atomic E-state index is 0.191. The van der Waals surface area contributed by atoms with E-state index in [0.29, 0.717) is 38.8 Å². The van der Waals surface area contributed by atoms with E-state index in [0.717, 1.165) is 24.6 Å². The molecule has 3 rings (SSSR count). The van der Waals surface area contributed by atoms with Crippen molar-refractivity contribution in [3.63, 3.8) is 0 Å². The van der Waals surface area contributed by atoms with Crippen LogP contribution in [0.4, 0.5) is 0 Å². The molecular formula is C21H30N2O6S. The summed E-state index contributed by atoms with van der Waals surface area (Å²) >= 11 is 0. The number of aryl methyl sites for hydroxylation is 1. The second-order valence-electron chi connectivity index (χ2n) is 6.98. The lowest BCUT2D eigenvalue weighted by molar-refractivity contribution is 0.0127. The fourth-order valence-corrected chi connectivity index (χ4v) is 4.32. The molecule has 30 heavy (non-hydrogen) atoms. The van der Waals surface area contributed by atoms with E-state index in [1.165, 1.54) is 0 Å². The maximum atomic E-state index is 12.8. The Balaban J connectivity index is 1.63. The van der Waals surface area contributed by atoms with E-state index < -0.39 is 10.0 Å². The number of rotatable bonds is 11. The molecule has 1 fully saturated rings. The molecule has 0 radical (unpaired) electrons. The monoisotopic (exact) mass is 438 g/mol. The molecular weight excluding hydrogens is 408 g/mol. The molecule has 1 N–H and O–H groups in total. The predicted octanol–water partition coefficient (Wildman–Crippen LogP) is 2.36. The summed E-state index contributed by atoms with van der Waals surface area (Å²) in [6.45, 7) is 8.24. The molecule has 1 unspecified atom stereocenters. The SMILES string of the molecule is CCOCCOc1ccc(S(=O)(=O)NCC(c2ccc(C)o2)N2CCOCC2)cc1. The Hall–Kier alpha value is -1.91. The van der Waals surface area contributed by atoms with Gasteiger partial charge in [0, 0.05) is 26.2 Å². The van der Waals surface area contributed by atoms with Gasteiger partial charge in [-0.2, -0.15) is 0 Å². The van der Waals surface area contributed by atoms with Crippen molar-refractivity contribution in [2.24, 2.45) is 0 Å². The van der Waals surface area contributed by atoms with Crippen LogP contribution in [0.15, 0.2) is 45.7 Å². The van der Waals surface area contributed by atoms with Crippen LogP contribution in [0.5, 0.6) is 5.75 Å². The molecule has 0 amide bonds. The highest BCUT2D eigenvalue weighted by Gasteiger charge is 2.27. The van der Waals surface area contributed by atoms with E-state index in [1.54, 1.807) is 24.3 Å². The van der Waals surface area contributed by atoms with Crippen molar-refractivity contribution in [3.05, 3.63) is 47.9 Å². The van der Waals surface area contributed by atoms with E-state index >= 15 is 0 Å². The molecule has 0 aliphatic carbocycles. The fourth-order valence-electron chi connectivity index (χ4n) is 3.28. The molecule has 0 spiro atoms. The molecule has 2 heterocycles. The third kappa shape index (κ3) is 6.29. The summed E-state index contributed by atoms with van der Waals surface area (Å²) in [4.78, 5) is 2.37. The summed E-state index contributed by atoms with van der Waals surface area (Å²) < 4.78 is 50.4.